The van der Waals surface area contributed by atoms with Crippen molar-refractivity contribution in [3.8, 4) is 5.88 Å². The molecule has 0 aliphatic heterocycles. The minimum atomic E-state index is -1.42. The summed E-state index contributed by atoms with van der Waals surface area (Å²) in [5, 5.41) is 10.1. The van der Waals surface area contributed by atoms with Crippen LogP contribution in [0, 0.1) is 23.0 Å². The first-order valence-corrected chi connectivity index (χ1v) is 6.00. The van der Waals surface area contributed by atoms with Crippen LogP contribution >= 0.6 is 0 Å². The summed E-state index contributed by atoms with van der Waals surface area (Å²) in [6.07, 6.45) is 1.19. The van der Waals surface area contributed by atoms with E-state index in [2.05, 4.69) is 10.3 Å². The molecule has 0 bridgehead atoms. The van der Waals surface area contributed by atoms with Gasteiger partial charge in [0, 0.05) is 30.6 Å². The SMILES string of the molecule is CNc1cc(COc2nc(F)c(F)cc2F)ccc1C=N. The average Bonchev–Trinajstić information content (AvgIpc) is 2.49. The van der Waals surface area contributed by atoms with Gasteiger partial charge in [0.1, 0.15) is 6.61 Å². The number of hydrogen-bond acceptors (Lipinski definition) is 4. The molecular formula is C14H12F3N3O. The molecule has 2 rings (SSSR count). The fourth-order valence-corrected chi connectivity index (χ4v) is 1.72. The molecule has 7 heteroatoms. The fraction of sp³-hybridized carbons (Fsp3) is 0.143. The first kappa shape index (κ1) is 14.8. The molecule has 2 N–H and O–H groups in total. The number of halogens is 3. The molecule has 0 radical (unpaired) electrons. The molecule has 1 aromatic heterocycles. The Labute approximate surface area is 119 Å². The van der Waals surface area contributed by atoms with Gasteiger partial charge in [0.25, 0.3) is 11.8 Å². The van der Waals surface area contributed by atoms with E-state index < -0.39 is 23.5 Å². The number of ether oxygens (including phenoxy) is 1. The smallest absolute Gasteiger partial charge is 0.253 e. The molecule has 4 nitrogen and oxygen atoms in total. The van der Waals surface area contributed by atoms with Crippen LogP contribution in [0.1, 0.15) is 11.1 Å². The van der Waals surface area contributed by atoms with Gasteiger partial charge in [-0.05, 0) is 11.6 Å². The van der Waals surface area contributed by atoms with Gasteiger partial charge in [-0.3, -0.25) is 0 Å². The minimum absolute atomic E-state index is 0.0675. The van der Waals surface area contributed by atoms with Crippen molar-refractivity contribution in [1.82, 2.24) is 4.98 Å². The highest BCUT2D eigenvalue weighted by Gasteiger charge is 2.13. The van der Waals surface area contributed by atoms with Gasteiger partial charge < -0.3 is 15.5 Å². The molecule has 0 atom stereocenters. The minimum Gasteiger partial charge on any atom is -0.471 e. The normalized spacial score (nSPS) is 10.3. The van der Waals surface area contributed by atoms with Crippen molar-refractivity contribution in [1.29, 1.82) is 5.41 Å². The van der Waals surface area contributed by atoms with Gasteiger partial charge >= 0.3 is 0 Å². The molecule has 0 spiro atoms. The van der Waals surface area contributed by atoms with Crippen molar-refractivity contribution in [2.45, 2.75) is 6.61 Å². The standard InChI is InChI=1S/C14H12F3N3O/c1-19-12-4-8(2-3-9(12)6-18)7-21-14-11(16)5-10(15)13(17)20-14/h2-6,18-19H,7H2,1H3. The van der Waals surface area contributed by atoms with E-state index >= 15 is 0 Å². The van der Waals surface area contributed by atoms with Crippen molar-refractivity contribution in [2.75, 3.05) is 12.4 Å². The number of rotatable bonds is 5. The van der Waals surface area contributed by atoms with Gasteiger partial charge in [-0.25, -0.2) is 8.78 Å². The Hall–Kier alpha value is -2.57. The maximum atomic E-state index is 13.4. The van der Waals surface area contributed by atoms with Gasteiger partial charge in [-0.15, -0.1) is 0 Å². The zero-order valence-electron chi connectivity index (χ0n) is 11.1. The highest BCUT2D eigenvalue weighted by Crippen LogP contribution is 2.20. The Morgan fingerprint density at radius 1 is 1.24 bits per heavy atom. The molecule has 0 saturated carbocycles. The van der Waals surface area contributed by atoms with E-state index in [1.54, 1.807) is 25.2 Å². The van der Waals surface area contributed by atoms with Crippen LogP contribution in [0.25, 0.3) is 0 Å². The van der Waals surface area contributed by atoms with E-state index in [4.69, 9.17) is 10.1 Å². The summed E-state index contributed by atoms with van der Waals surface area (Å²) in [4.78, 5) is 3.07. The molecule has 0 amide bonds. The Bertz CT molecular complexity index is 677. The lowest BCUT2D eigenvalue weighted by molar-refractivity contribution is 0.268. The second-order valence-electron chi connectivity index (χ2n) is 4.15. The summed E-state index contributed by atoms with van der Waals surface area (Å²) in [6, 6.07) is 5.46. The van der Waals surface area contributed by atoms with Crippen molar-refractivity contribution < 1.29 is 17.9 Å². The van der Waals surface area contributed by atoms with Crippen molar-refractivity contribution in [3.63, 3.8) is 0 Å². The Morgan fingerprint density at radius 3 is 2.67 bits per heavy atom. The molecule has 0 fully saturated rings. The largest absolute Gasteiger partial charge is 0.471 e. The van der Waals surface area contributed by atoms with E-state index in [-0.39, 0.29) is 6.61 Å². The molecule has 21 heavy (non-hydrogen) atoms. The van der Waals surface area contributed by atoms with Gasteiger partial charge in [0.05, 0.1) is 0 Å². The second kappa shape index (κ2) is 6.25. The molecule has 1 heterocycles. The lowest BCUT2D eigenvalue weighted by atomic mass is 10.1. The number of pyridine rings is 1. The summed E-state index contributed by atoms with van der Waals surface area (Å²) >= 11 is 0. The third-order valence-corrected chi connectivity index (χ3v) is 2.77. The molecule has 0 unspecified atom stereocenters. The average molecular weight is 295 g/mol. The van der Waals surface area contributed by atoms with E-state index in [1.165, 1.54) is 6.21 Å². The molecule has 0 aliphatic rings. The molecule has 110 valence electrons. The van der Waals surface area contributed by atoms with E-state index in [0.29, 0.717) is 22.9 Å². The Kier molecular flexibility index (Phi) is 4.42. The number of anilines is 1. The van der Waals surface area contributed by atoms with Crippen LogP contribution < -0.4 is 10.1 Å². The number of nitrogens with one attached hydrogen (secondary N) is 2. The maximum Gasteiger partial charge on any atom is 0.253 e. The fourth-order valence-electron chi connectivity index (χ4n) is 1.72. The quantitative estimate of drug-likeness (QED) is 0.658. The molecule has 0 saturated heterocycles. The molecule has 2 aromatic rings. The third-order valence-electron chi connectivity index (χ3n) is 2.77. The number of aromatic nitrogens is 1. The van der Waals surface area contributed by atoms with Crippen LogP contribution in [-0.2, 0) is 6.61 Å². The molecule has 0 aliphatic carbocycles. The van der Waals surface area contributed by atoms with Gasteiger partial charge in [0.2, 0.25) is 0 Å². The van der Waals surface area contributed by atoms with Gasteiger partial charge in [0.15, 0.2) is 11.6 Å². The molecule has 1 aromatic carbocycles. The number of nitrogens with zero attached hydrogens (tertiary/aromatic N) is 1. The summed E-state index contributed by atoms with van der Waals surface area (Å²) in [7, 11) is 1.70. The van der Waals surface area contributed by atoms with Crippen molar-refractivity contribution >= 4 is 11.9 Å². The van der Waals surface area contributed by atoms with E-state index in [9.17, 15) is 13.2 Å². The number of benzene rings is 1. The van der Waals surface area contributed by atoms with Crippen LogP contribution in [0.5, 0.6) is 5.88 Å². The first-order chi connectivity index (χ1) is 10.0. The van der Waals surface area contributed by atoms with E-state index in [1.807, 2.05) is 0 Å². The van der Waals surface area contributed by atoms with Crippen LogP contribution in [0.15, 0.2) is 24.3 Å². The van der Waals surface area contributed by atoms with Crippen LogP contribution in [-0.4, -0.2) is 18.2 Å². The Balaban J connectivity index is 2.17. The summed E-state index contributed by atoms with van der Waals surface area (Å²) in [6.45, 7) is -0.0675. The zero-order chi connectivity index (χ0) is 15.4. The van der Waals surface area contributed by atoms with Crippen molar-refractivity contribution in [2.24, 2.45) is 0 Å². The topological polar surface area (TPSA) is 58.0 Å². The highest BCUT2D eigenvalue weighted by molar-refractivity contribution is 5.85. The maximum absolute atomic E-state index is 13.4. The lowest BCUT2D eigenvalue weighted by Crippen LogP contribution is -2.04. The van der Waals surface area contributed by atoms with Crippen LogP contribution in [0.2, 0.25) is 0 Å². The summed E-state index contributed by atoms with van der Waals surface area (Å²) in [5.74, 6) is -4.45. The van der Waals surface area contributed by atoms with E-state index in [0.717, 1.165) is 0 Å². The predicted molar refractivity (Wildman–Crippen MR) is 72.3 cm³/mol. The van der Waals surface area contributed by atoms with Crippen molar-refractivity contribution in [3.05, 3.63) is 53.0 Å². The second-order valence-corrected chi connectivity index (χ2v) is 4.15. The van der Waals surface area contributed by atoms with Gasteiger partial charge in [-0.1, -0.05) is 12.1 Å². The first-order valence-electron chi connectivity index (χ1n) is 6.00. The third kappa shape index (κ3) is 3.31. The van der Waals surface area contributed by atoms with Gasteiger partial charge in [-0.2, -0.15) is 9.37 Å². The summed E-state index contributed by atoms with van der Waals surface area (Å²) in [5.41, 5.74) is 2.04. The lowest BCUT2D eigenvalue weighted by Gasteiger charge is -2.10. The van der Waals surface area contributed by atoms with Crippen LogP contribution in [0.4, 0.5) is 18.9 Å². The monoisotopic (exact) mass is 295 g/mol. The Morgan fingerprint density at radius 2 is 2.00 bits per heavy atom. The zero-order valence-corrected chi connectivity index (χ0v) is 11.1. The predicted octanol–water partition coefficient (Wildman–Crippen LogP) is 3.12. The molecular weight excluding hydrogens is 283 g/mol. The summed E-state index contributed by atoms with van der Waals surface area (Å²) < 4.78 is 44.1. The number of hydrogen-bond donors (Lipinski definition) is 2. The highest BCUT2D eigenvalue weighted by atomic mass is 19.2. The van der Waals surface area contributed by atoms with Crippen LogP contribution in [0.3, 0.4) is 0 Å².